The normalized spacial score (nSPS) is 11.2. The highest BCUT2D eigenvalue weighted by Crippen LogP contribution is 2.32. The number of halogens is 3. The molecule has 0 radical (unpaired) electrons. The minimum Gasteiger partial charge on any atom is -0.370 e. The molecule has 5 nitrogen and oxygen atoms in total. The van der Waals surface area contributed by atoms with E-state index in [4.69, 9.17) is 5.73 Å². The Kier molecular flexibility index (Phi) is 5.18. The summed E-state index contributed by atoms with van der Waals surface area (Å²) in [7, 11) is 0. The Labute approximate surface area is 115 Å². The van der Waals surface area contributed by atoms with Crippen LogP contribution >= 0.6 is 0 Å². The van der Waals surface area contributed by atoms with Gasteiger partial charge in [-0.15, -0.1) is 0 Å². The van der Waals surface area contributed by atoms with E-state index in [2.05, 4.69) is 10.3 Å². The van der Waals surface area contributed by atoms with Crippen LogP contribution in [0.15, 0.2) is 12.1 Å². The van der Waals surface area contributed by atoms with Gasteiger partial charge in [0.1, 0.15) is 11.6 Å². The van der Waals surface area contributed by atoms with E-state index >= 15 is 0 Å². The predicted octanol–water partition coefficient (Wildman–Crippen LogP) is 1.84. The van der Waals surface area contributed by atoms with E-state index in [0.29, 0.717) is 13.1 Å². The monoisotopic (exact) mass is 290 g/mol. The molecule has 0 saturated heterocycles. The van der Waals surface area contributed by atoms with Crippen molar-refractivity contribution >= 4 is 17.5 Å². The Morgan fingerprint density at radius 1 is 1.40 bits per heavy atom. The van der Waals surface area contributed by atoms with Gasteiger partial charge in [-0.2, -0.15) is 13.2 Å². The number of alkyl halides is 3. The first-order chi connectivity index (χ1) is 9.27. The molecule has 8 heteroatoms. The lowest BCUT2D eigenvalue weighted by Gasteiger charge is -2.22. The van der Waals surface area contributed by atoms with Crippen molar-refractivity contribution in [2.45, 2.75) is 20.0 Å². The van der Waals surface area contributed by atoms with Gasteiger partial charge in [0.15, 0.2) is 0 Å². The van der Waals surface area contributed by atoms with Gasteiger partial charge in [0, 0.05) is 13.1 Å². The van der Waals surface area contributed by atoms with Crippen LogP contribution < -0.4 is 16.0 Å². The van der Waals surface area contributed by atoms with E-state index in [1.54, 1.807) is 13.8 Å². The largest absolute Gasteiger partial charge is 0.416 e. The van der Waals surface area contributed by atoms with Gasteiger partial charge in [-0.05, 0) is 26.0 Å². The number of nitrogens with two attached hydrogens (primary N) is 1. The fourth-order valence-corrected chi connectivity index (χ4v) is 1.66. The summed E-state index contributed by atoms with van der Waals surface area (Å²) in [6.45, 7) is 4.04. The van der Waals surface area contributed by atoms with Gasteiger partial charge in [-0.1, -0.05) is 0 Å². The van der Waals surface area contributed by atoms with Crippen molar-refractivity contribution in [3.8, 4) is 0 Å². The molecule has 0 bridgehead atoms. The molecule has 0 aliphatic rings. The van der Waals surface area contributed by atoms with E-state index in [1.165, 1.54) is 4.90 Å². The quantitative estimate of drug-likeness (QED) is 0.838. The maximum absolute atomic E-state index is 12.9. The maximum Gasteiger partial charge on any atom is 0.416 e. The number of hydrogen-bond acceptors (Lipinski definition) is 4. The van der Waals surface area contributed by atoms with Crippen LogP contribution in [0, 0.1) is 0 Å². The minimum absolute atomic E-state index is 0.0667. The Morgan fingerprint density at radius 3 is 2.50 bits per heavy atom. The lowest BCUT2D eigenvalue weighted by Crippen LogP contribution is -2.34. The topological polar surface area (TPSA) is 71.2 Å². The summed E-state index contributed by atoms with van der Waals surface area (Å²) in [5.41, 5.74) is 4.26. The van der Waals surface area contributed by atoms with Gasteiger partial charge in [-0.3, -0.25) is 4.79 Å². The molecule has 1 rings (SSSR count). The van der Waals surface area contributed by atoms with Crippen molar-refractivity contribution in [2.24, 2.45) is 5.73 Å². The van der Waals surface area contributed by atoms with Crippen LogP contribution in [-0.4, -0.2) is 30.5 Å². The summed E-state index contributed by atoms with van der Waals surface area (Å²) in [6, 6.07) is 1.85. The molecule has 112 valence electrons. The van der Waals surface area contributed by atoms with Crippen molar-refractivity contribution in [2.75, 3.05) is 29.9 Å². The van der Waals surface area contributed by atoms with Crippen LogP contribution in [0.1, 0.15) is 19.4 Å². The fourth-order valence-electron chi connectivity index (χ4n) is 1.66. The first-order valence-corrected chi connectivity index (χ1v) is 6.14. The zero-order valence-corrected chi connectivity index (χ0v) is 11.3. The van der Waals surface area contributed by atoms with Crippen LogP contribution in [0.5, 0.6) is 0 Å². The second kappa shape index (κ2) is 6.44. The van der Waals surface area contributed by atoms with E-state index in [0.717, 1.165) is 12.1 Å². The molecular formula is C12H17F3N4O. The van der Waals surface area contributed by atoms with Crippen LogP contribution in [0.25, 0.3) is 0 Å². The standard InChI is InChI=1S/C12H17F3N4O/c1-3-17-10-5-8(12(13,14)15)6-11(18-10)19(4-2)7-9(16)20/h5-6H,3-4,7H2,1-2H3,(H2,16,20)(H,17,18). The Morgan fingerprint density at radius 2 is 2.05 bits per heavy atom. The van der Waals surface area contributed by atoms with Gasteiger partial charge < -0.3 is 16.0 Å². The molecule has 0 aromatic carbocycles. The number of nitrogens with one attached hydrogen (secondary N) is 1. The minimum atomic E-state index is -4.48. The molecule has 1 amide bonds. The molecule has 0 spiro atoms. The van der Waals surface area contributed by atoms with Gasteiger partial charge >= 0.3 is 6.18 Å². The number of rotatable bonds is 6. The van der Waals surface area contributed by atoms with Crippen LogP contribution in [0.4, 0.5) is 24.8 Å². The number of primary amides is 1. The van der Waals surface area contributed by atoms with Gasteiger partial charge in [0.05, 0.1) is 12.1 Å². The van der Waals surface area contributed by atoms with Crippen molar-refractivity contribution in [1.29, 1.82) is 0 Å². The van der Waals surface area contributed by atoms with Crippen molar-refractivity contribution in [3.63, 3.8) is 0 Å². The van der Waals surface area contributed by atoms with E-state index in [9.17, 15) is 18.0 Å². The third-order valence-electron chi connectivity index (χ3n) is 2.55. The number of carbonyl (C=O) groups is 1. The number of aromatic nitrogens is 1. The summed E-state index contributed by atoms with van der Waals surface area (Å²) < 4.78 is 38.6. The molecule has 1 aromatic rings. The van der Waals surface area contributed by atoms with Gasteiger partial charge in [0.2, 0.25) is 5.91 Å². The second-order valence-electron chi connectivity index (χ2n) is 4.11. The third-order valence-corrected chi connectivity index (χ3v) is 2.55. The second-order valence-corrected chi connectivity index (χ2v) is 4.11. The zero-order chi connectivity index (χ0) is 15.3. The third kappa shape index (κ3) is 4.29. The summed E-state index contributed by atoms with van der Waals surface area (Å²) in [4.78, 5) is 16.4. The number of likely N-dealkylation sites (N-methyl/N-ethyl adjacent to an activating group) is 1. The van der Waals surface area contributed by atoms with E-state index < -0.39 is 17.6 Å². The highest BCUT2D eigenvalue weighted by atomic mass is 19.4. The average Bonchev–Trinajstić information content (AvgIpc) is 2.34. The molecule has 0 unspecified atom stereocenters. The van der Waals surface area contributed by atoms with Crippen LogP contribution in [0.3, 0.4) is 0 Å². The summed E-state index contributed by atoms with van der Waals surface area (Å²) >= 11 is 0. The lowest BCUT2D eigenvalue weighted by atomic mass is 10.2. The Hall–Kier alpha value is -1.99. The zero-order valence-electron chi connectivity index (χ0n) is 11.3. The molecule has 0 saturated carbocycles. The average molecular weight is 290 g/mol. The summed E-state index contributed by atoms with van der Waals surface area (Å²) in [5, 5.41) is 2.74. The fraction of sp³-hybridized carbons (Fsp3) is 0.500. The molecule has 0 aliphatic heterocycles. The SMILES string of the molecule is CCNc1cc(C(F)(F)F)cc(N(CC)CC(N)=O)n1. The summed E-state index contributed by atoms with van der Waals surface area (Å²) in [6.07, 6.45) is -4.48. The van der Waals surface area contributed by atoms with Crippen LogP contribution in [-0.2, 0) is 11.0 Å². The Balaban J connectivity index is 3.22. The van der Waals surface area contributed by atoms with E-state index in [1.807, 2.05) is 0 Å². The lowest BCUT2D eigenvalue weighted by molar-refractivity contribution is -0.137. The summed E-state index contributed by atoms with van der Waals surface area (Å²) in [5.74, 6) is -0.451. The smallest absolute Gasteiger partial charge is 0.370 e. The first kappa shape index (κ1) is 16.1. The molecule has 20 heavy (non-hydrogen) atoms. The van der Waals surface area contributed by atoms with Crippen molar-refractivity contribution in [1.82, 2.24) is 4.98 Å². The molecule has 0 aliphatic carbocycles. The highest BCUT2D eigenvalue weighted by molar-refractivity contribution is 5.79. The predicted molar refractivity (Wildman–Crippen MR) is 70.5 cm³/mol. The number of anilines is 2. The number of amides is 1. The molecule has 0 atom stereocenters. The highest BCUT2D eigenvalue weighted by Gasteiger charge is 2.32. The molecule has 1 heterocycles. The molecule has 0 fully saturated rings. The number of pyridine rings is 1. The van der Waals surface area contributed by atoms with Crippen molar-refractivity contribution < 1.29 is 18.0 Å². The maximum atomic E-state index is 12.9. The van der Waals surface area contributed by atoms with Gasteiger partial charge in [0.25, 0.3) is 0 Å². The number of hydrogen-bond donors (Lipinski definition) is 2. The number of nitrogens with zero attached hydrogens (tertiary/aromatic N) is 2. The van der Waals surface area contributed by atoms with Crippen molar-refractivity contribution in [3.05, 3.63) is 17.7 Å². The number of carbonyl (C=O) groups excluding carboxylic acids is 1. The molecular weight excluding hydrogens is 273 g/mol. The van der Waals surface area contributed by atoms with Crippen LogP contribution in [0.2, 0.25) is 0 Å². The van der Waals surface area contributed by atoms with E-state index in [-0.39, 0.29) is 18.2 Å². The first-order valence-electron chi connectivity index (χ1n) is 6.14. The molecule has 1 aromatic heterocycles. The molecule has 3 N–H and O–H groups in total. The van der Waals surface area contributed by atoms with Gasteiger partial charge in [-0.25, -0.2) is 4.98 Å². The Bertz CT molecular complexity index is 476.